The lowest BCUT2D eigenvalue weighted by Crippen LogP contribution is -2.44. The van der Waals surface area contributed by atoms with Crippen LogP contribution in [0.15, 0.2) is 35.8 Å². The molecule has 1 saturated heterocycles. The van der Waals surface area contributed by atoms with Crippen molar-refractivity contribution in [2.45, 2.75) is 25.8 Å². The maximum Gasteiger partial charge on any atom is 0.251 e. The Kier molecular flexibility index (Phi) is 4.20. The maximum atomic E-state index is 12.3. The number of nitrogens with one attached hydrogen (secondary N) is 1. The van der Waals surface area contributed by atoms with Crippen LogP contribution in [-0.2, 0) is 0 Å². The lowest BCUT2D eigenvalue weighted by atomic mass is 10.0. The van der Waals surface area contributed by atoms with Crippen molar-refractivity contribution in [2.24, 2.45) is 0 Å². The molecular weight excluding hydrogens is 282 g/mol. The molecule has 0 unspecified atom stereocenters. The second kappa shape index (κ2) is 6.26. The molecular formula is C16H19N3OS. The Morgan fingerprint density at radius 3 is 2.76 bits per heavy atom. The first-order chi connectivity index (χ1) is 10.2. The van der Waals surface area contributed by atoms with Crippen LogP contribution in [-0.4, -0.2) is 30.0 Å². The molecule has 110 valence electrons. The first kappa shape index (κ1) is 14.1. The third-order valence-corrected chi connectivity index (χ3v) is 4.74. The summed E-state index contributed by atoms with van der Waals surface area (Å²) in [4.78, 5) is 18.9. The summed E-state index contributed by atoms with van der Waals surface area (Å²) in [6.45, 7) is 3.87. The molecule has 0 saturated carbocycles. The van der Waals surface area contributed by atoms with Gasteiger partial charge in [-0.3, -0.25) is 4.79 Å². The Morgan fingerprint density at radius 1 is 1.33 bits per heavy atom. The van der Waals surface area contributed by atoms with E-state index in [1.807, 2.05) is 42.8 Å². The van der Waals surface area contributed by atoms with Crippen LogP contribution in [0.25, 0.3) is 0 Å². The molecule has 1 N–H and O–H groups in total. The number of aryl methyl sites for hydroxylation is 1. The van der Waals surface area contributed by atoms with E-state index in [0.717, 1.165) is 42.2 Å². The van der Waals surface area contributed by atoms with Crippen LogP contribution in [0.4, 0.5) is 5.13 Å². The molecule has 2 aromatic rings. The number of benzene rings is 1. The quantitative estimate of drug-likeness (QED) is 0.948. The van der Waals surface area contributed by atoms with Gasteiger partial charge in [0.1, 0.15) is 0 Å². The number of rotatable bonds is 3. The van der Waals surface area contributed by atoms with Crippen LogP contribution in [0.1, 0.15) is 28.8 Å². The van der Waals surface area contributed by atoms with Gasteiger partial charge in [-0.15, -0.1) is 11.3 Å². The second-order valence-electron chi connectivity index (χ2n) is 5.36. The van der Waals surface area contributed by atoms with Crippen molar-refractivity contribution in [2.75, 3.05) is 18.0 Å². The molecule has 1 aliphatic heterocycles. The number of anilines is 1. The number of carbonyl (C=O) groups excluding carboxylic acids is 1. The van der Waals surface area contributed by atoms with E-state index in [0.29, 0.717) is 0 Å². The summed E-state index contributed by atoms with van der Waals surface area (Å²) >= 11 is 1.67. The zero-order valence-corrected chi connectivity index (χ0v) is 12.9. The van der Waals surface area contributed by atoms with Gasteiger partial charge in [-0.05, 0) is 31.4 Å². The highest BCUT2D eigenvalue weighted by Crippen LogP contribution is 2.22. The molecule has 4 nitrogen and oxygen atoms in total. The smallest absolute Gasteiger partial charge is 0.251 e. The van der Waals surface area contributed by atoms with Crippen LogP contribution in [0.2, 0.25) is 0 Å². The van der Waals surface area contributed by atoms with Gasteiger partial charge < -0.3 is 10.2 Å². The van der Waals surface area contributed by atoms with Gasteiger partial charge in [0.25, 0.3) is 5.91 Å². The molecule has 5 heteroatoms. The van der Waals surface area contributed by atoms with Gasteiger partial charge in [-0.2, -0.15) is 0 Å². The number of aromatic nitrogens is 1. The van der Waals surface area contributed by atoms with E-state index < -0.39 is 0 Å². The van der Waals surface area contributed by atoms with Crippen molar-refractivity contribution < 1.29 is 4.79 Å². The average molecular weight is 301 g/mol. The standard InChI is InChI=1S/C16H19N3OS/c1-12-4-2-3-5-14(12)15(20)18-13-6-9-19(10-7-13)16-17-8-11-21-16/h2-5,8,11,13H,6-7,9-10H2,1H3,(H,18,20). The van der Waals surface area contributed by atoms with Crippen LogP contribution in [0, 0.1) is 6.92 Å². The van der Waals surface area contributed by atoms with Crippen molar-refractivity contribution in [3.8, 4) is 0 Å². The normalized spacial score (nSPS) is 16.0. The molecule has 1 aromatic heterocycles. The van der Waals surface area contributed by atoms with Gasteiger partial charge in [0.15, 0.2) is 5.13 Å². The number of nitrogens with zero attached hydrogens (tertiary/aromatic N) is 2. The minimum absolute atomic E-state index is 0.0424. The second-order valence-corrected chi connectivity index (χ2v) is 6.24. The van der Waals surface area contributed by atoms with Gasteiger partial charge in [0, 0.05) is 36.3 Å². The lowest BCUT2D eigenvalue weighted by Gasteiger charge is -2.32. The maximum absolute atomic E-state index is 12.3. The van der Waals surface area contributed by atoms with E-state index in [-0.39, 0.29) is 11.9 Å². The zero-order valence-electron chi connectivity index (χ0n) is 12.1. The third kappa shape index (κ3) is 3.24. The van der Waals surface area contributed by atoms with Crippen molar-refractivity contribution >= 4 is 22.4 Å². The number of piperidine rings is 1. The summed E-state index contributed by atoms with van der Waals surface area (Å²) < 4.78 is 0. The molecule has 21 heavy (non-hydrogen) atoms. The summed E-state index contributed by atoms with van der Waals surface area (Å²) in [6, 6.07) is 7.98. The SMILES string of the molecule is Cc1ccccc1C(=O)NC1CCN(c2nccs2)CC1. The van der Waals surface area contributed by atoms with Crippen molar-refractivity contribution in [1.29, 1.82) is 0 Å². The lowest BCUT2D eigenvalue weighted by molar-refractivity contribution is 0.0930. The third-order valence-electron chi connectivity index (χ3n) is 3.91. The molecule has 0 spiro atoms. The number of hydrogen-bond acceptors (Lipinski definition) is 4. The Labute approximate surface area is 128 Å². The minimum Gasteiger partial charge on any atom is -0.349 e. The molecule has 0 bridgehead atoms. The van der Waals surface area contributed by atoms with Gasteiger partial charge >= 0.3 is 0 Å². The molecule has 1 amide bonds. The van der Waals surface area contributed by atoms with E-state index in [9.17, 15) is 4.79 Å². The molecule has 0 aliphatic carbocycles. The minimum atomic E-state index is 0.0424. The fraction of sp³-hybridized carbons (Fsp3) is 0.375. The highest BCUT2D eigenvalue weighted by molar-refractivity contribution is 7.13. The number of carbonyl (C=O) groups is 1. The number of amides is 1. The summed E-state index contributed by atoms with van der Waals surface area (Å²) in [7, 11) is 0. The number of hydrogen-bond donors (Lipinski definition) is 1. The van der Waals surface area contributed by atoms with Crippen molar-refractivity contribution in [3.63, 3.8) is 0 Å². The van der Waals surface area contributed by atoms with E-state index in [4.69, 9.17) is 0 Å². The highest BCUT2D eigenvalue weighted by atomic mass is 32.1. The van der Waals surface area contributed by atoms with Gasteiger partial charge in [-0.25, -0.2) is 4.98 Å². The van der Waals surface area contributed by atoms with E-state index >= 15 is 0 Å². The molecule has 0 radical (unpaired) electrons. The van der Waals surface area contributed by atoms with Crippen LogP contribution in [0.3, 0.4) is 0 Å². The number of thiazole rings is 1. The molecule has 1 aromatic carbocycles. The largest absolute Gasteiger partial charge is 0.349 e. The Balaban J connectivity index is 1.56. The van der Waals surface area contributed by atoms with Gasteiger partial charge in [0.2, 0.25) is 0 Å². The highest BCUT2D eigenvalue weighted by Gasteiger charge is 2.22. The zero-order chi connectivity index (χ0) is 14.7. The fourth-order valence-corrected chi connectivity index (χ4v) is 3.37. The van der Waals surface area contributed by atoms with Crippen molar-refractivity contribution in [1.82, 2.24) is 10.3 Å². The molecule has 0 atom stereocenters. The predicted molar refractivity (Wildman–Crippen MR) is 86.0 cm³/mol. The molecule has 1 aliphatic rings. The predicted octanol–water partition coefficient (Wildman–Crippen LogP) is 2.85. The van der Waals surface area contributed by atoms with Crippen LogP contribution >= 0.6 is 11.3 Å². The van der Waals surface area contributed by atoms with Crippen LogP contribution < -0.4 is 10.2 Å². The first-order valence-corrected chi connectivity index (χ1v) is 8.13. The van der Waals surface area contributed by atoms with Crippen molar-refractivity contribution in [3.05, 3.63) is 47.0 Å². The van der Waals surface area contributed by atoms with Gasteiger partial charge in [0.05, 0.1) is 0 Å². The summed E-state index contributed by atoms with van der Waals surface area (Å²) in [6.07, 6.45) is 3.78. The van der Waals surface area contributed by atoms with Crippen LogP contribution in [0.5, 0.6) is 0 Å². The summed E-state index contributed by atoms with van der Waals surface area (Å²) in [5, 5.41) is 6.24. The Bertz CT molecular complexity index is 604. The fourth-order valence-electron chi connectivity index (χ4n) is 2.68. The van der Waals surface area contributed by atoms with E-state index in [2.05, 4.69) is 15.2 Å². The van der Waals surface area contributed by atoms with E-state index in [1.165, 1.54) is 0 Å². The average Bonchev–Trinajstić information content (AvgIpc) is 3.02. The molecule has 1 fully saturated rings. The topological polar surface area (TPSA) is 45.2 Å². The summed E-state index contributed by atoms with van der Waals surface area (Å²) in [5.41, 5.74) is 1.80. The monoisotopic (exact) mass is 301 g/mol. The van der Waals surface area contributed by atoms with E-state index in [1.54, 1.807) is 11.3 Å². The first-order valence-electron chi connectivity index (χ1n) is 7.25. The Hall–Kier alpha value is -1.88. The molecule has 3 rings (SSSR count). The Morgan fingerprint density at radius 2 is 2.10 bits per heavy atom. The summed E-state index contributed by atoms with van der Waals surface area (Å²) in [5.74, 6) is 0.0424. The van der Waals surface area contributed by atoms with Gasteiger partial charge in [-0.1, -0.05) is 18.2 Å². The molecule has 2 heterocycles.